The van der Waals surface area contributed by atoms with Crippen LogP contribution in [0.15, 0.2) is 30.5 Å². The average molecular weight is 596 g/mol. The number of amides is 1. The molecule has 42 heavy (non-hydrogen) atoms. The van der Waals surface area contributed by atoms with E-state index in [1.54, 1.807) is 29.9 Å². The molecule has 11 nitrogen and oxygen atoms in total. The highest BCUT2D eigenvalue weighted by molar-refractivity contribution is 7.58. The second kappa shape index (κ2) is 12.3. The average Bonchev–Trinajstić information content (AvgIpc) is 3.35. The molecule has 0 N–H and O–H groups in total. The van der Waals surface area contributed by atoms with E-state index in [9.17, 15) is 14.2 Å². The van der Waals surface area contributed by atoms with Crippen LogP contribution in [0.2, 0.25) is 0 Å². The molecule has 3 atom stereocenters. The van der Waals surface area contributed by atoms with Gasteiger partial charge in [0.15, 0.2) is 5.78 Å². The number of rotatable bonds is 8. The molecule has 2 saturated heterocycles. The second-order valence-electron chi connectivity index (χ2n) is 12.7. The third-order valence-electron chi connectivity index (χ3n) is 8.36. The van der Waals surface area contributed by atoms with Crippen LogP contribution in [0.3, 0.4) is 0 Å². The van der Waals surface area contributed by atoms with Crippen LogP contribution in [0.5, 0.6) is 0 Å². The molecule has 226 valence electrons. The fourth-order valence-electron chi connectivity index (χ4n) is 6.09. The molecular formula is C29H42BN6O5P. The van der Waals surface area contributed by atoms with Gasteiger partial charge >= 0.3 is 0 Å². The van der Waals surface area contributed by atoms with Crippen LogP contribution in [0.1, 0.15) is 46.7 Å². The molecule has 1 aromatic heterocycles. The van der Waals surface area contributed by atoms with Gasteiger partial charge in [-0.1, -0.05) is 13.8 Å². The molecule has 0 spiro atoms. The maximum Gasteiger partial charge on any atom is 0.253 e. The number of carbonyl (C=O) groups is 2. The van der Waals surface area contributed by atoms with Crippen LogP contribution in [0.25, 0.3) is 5.69 Å². The minimum Gasteiger partial charge on any atom is -0.380 e. The predicted molar refractivity (Wildman–Crippen MR) is 161 cm³/mol. The molecule has 0 bridgehead atoms. The van der Waals surface area contributed by atoms with Crippen LogP contribution in [0, 0.1) is 5.41 Å². The molecule has 0 saturated carbocycles. The zero-order chi connectivity index (χ0) is 30.2. The summed E-state index contributed by atoms with van der Waals surface area (Å²) in [6.45, 7) is 7.80. The second-order valence-corrected chi connectivity index (χ2v) is 15.6. The van der Waals surface area contributed by atoms with Crippen molar-refractivity contribution in [1.29, 1.82) is 0 Å². The third-order valence-corrected chi connectivity index (χ3v) is 11.4. The summed E-state index contributed by atoms with van der Waals surface area (Å²) < 4.78 is 31.2. The number of hydrogen-bond donors (Lipinski definition) is 0. The van der Waals surface area contributed by atoms with Crippen molar-refractivity contribution < 1.29 is 23.6 Å². The number of carbonyl (C=O) groups excluding carboxylic acids is 2. The van der Waals surface area contributed by atoms with Crippen LogP contribution >= 0.6 is 7.44 Å². The van der Waals surface area contributed by atoms with Crippen molar-refractivity contribution in [3.63, 3.8) is 0 Å². The number of Topliss-reactive ketones (excluding diaryl/α,β-unsaturated/α-hetero) is 1. The number of benzene rings is 1. The van der Waals surface area contributed by atoms with Crippen molar-refractivity contribution in [3.8, 4) is 5.69 Å². The minimum atomic E-state index is -2.98. The lowest BCUT2D eigenvalue weighted by atomic mass is 9.76. The lowest BCUT2D eigenvalue weighted by molar-refractivity contribution is -0.0748. The normalized spacial score (nSPS) is 24.9. The summed E-state index contributed by atoms with van der Waals surface area (Å²) in [6, 6.07) is 7.02. The fourth-order valence-corrected chi connectivity index (χ4v) is 8.14. The Morgan fingerprint density at radius 1 is 1.14 bits per heavy atom. The van der Waals surface area contributed by atoms with E-state index >= 15 is 0 Å². The summed E-state index contributed by atoms with van der Waals surface area (Å²) >= 11 is 0. The number of fused-ring (bicyclic) bond motifs is 1. The Balaban J connectivity index is 1.18. The smallest absolute Gasteiger partial charge is 0.253 e. The SMILES string of the molecule is [B]C1CN(C)CC(COCP(=O)(N(C)C)N2CCN(C(=O)c3ccc(-n4ncc5c4CC(C)(C)CC5=O)cc3)CC2)O1. The van der Waals surface area contributed by atoms with Crippen LogP contribution in [-0.2, 0) is 20.5 Å². The Hall–Kier alpha value is -2.34. The largest absolute Gasteiger partial charge is 0.380 e. The van der Waals surface area contributed by atoms with E-state index in [0.29, 0.717) is 63.4 Å². The first kappa shape index (κ1) is 31.1. The molecular weight excluding hydrogens is 554 g/mol. The van der Waals surface area contributed by atoms with Gasteiger partial charge in [-0.3, -0.25) is 14.2 Å². The van der Waals surface area contributed by atoms with E-state index < -0.39 is 7.44 Å². The van der Waals surface area contributed by atoms with Gasteiger partial charge in [0.25, 0.3) is 5.91 Å². The molecule has 1 amide bonds. The number of ketones is 1. The van der Waals surface area contributed by atoms with Gasteiger partial charge in [0.2, 0.25) is 7.44 Å². The Morgan fingerprint density at radius 3 is 2.48 bits per heavy atom. The molecule has 3 unspecified atom stereocenters. The zero-order valence-corrected chi connectivity index (χ0v) is 26.3. The summed E-state index contributed by atoms with van der Waals surface area (Å²) in [6.07, 6.45) is 2.85. The molecule has 5 rings (SSSR count). The van der Waals surface area contributed by atoms with E-state index in [0.717, 1.165) is 17.8 Å². The number of nitrogens with zero attached hydrogens (tertiary/aromatic N) is 6. The van der Waals surface area contributed by atoms with Gasteiger partial charge in [0, 0.05) is 57.3 Å². The highest BCUT2D eigenvalue weighted by atomic mass is 31.2. The first-order valence-electron chi connectivity index (χ1n) is 14.6. The summed E-state index contributed by atoms with van der Waals surface area (Å²) in [5.74, 6) is 0.0606. The highest BCUT2D eigenvalue weighted by Gasteiger charge is 2.37. The first-order valence-corrected chi connectivity index (χ1v) is 16.4. The summed E-state index contributed by atoms with van der Waals surface area (Å²) in [5.41, 5.74) is 2.90. The quantitative estimate of drug-likeness (QED) is 0.336. The lowest BCUT2D eigenvalue weighted by Crippen LogP contribution is -2.49. The number of morpholine rings is 1. The molecule has 2 radical (unpaired) electrons. The van der Waals surface area contributed by atoms with Gasteiger partial charge in [-0.25, -0.2) is 14.0 Å². The van der Waals surface area contributed by atoms with Crippen molar-refractivity contribution in [2.75, 3.05) is 73.4 Å². The standard InChI is InChI=1S/C29H42BN6O5P/c1-29(2)14-25-24(26(37)15-29)16-31-36(25)22-8-6-21(7-9-22)28(38)34-10-12-35(13-11-34)42(39,32(3)4)20-40-19-23-17-33(5)18-27(30)41-23/h6-9,16,23,27H,10-15,17-20H2,1-5H3. The van der Waals surface area contributed by atoms with Crippen LogP contribution in [-0.4, -0.2) is 134 Å². The maximum absolute atomic E-state index is 14.0. The molecule has 13 heteroatoms. The number of likely N-dealkylation sites (N-methyl/N-ethyl adjacent to an activating group) is 1. The van der Waals surface area contributed by atoms with Gasteiger partial charge in [-0.05, 0) is 57.2 Å². The Bertz CT molecular complexity index is 1330. The number of hydrogen-bond acceptors (Lipinski definition) is 7. The summed E-state index contributed by atoms with van der Waals surface area (Å²) in [5, 5.41) is 4.49. The monoisotopic (exact) mass is 596 g/mol. The molecule has 2 fully saturated rings. The van der Waals surface area contributed by atoms with E-state index in [1.807, 2.05) is 40.7 Å². The van der Waals surface area contributed by atoms with Gasteiger partial charge in [-0.15, -0.1) is 0 Å². The van der Waals surface area contributed by atoms with Crippen molar-refractivity contribution >= 4 is 27.0 Å². The molecule has 1 aromatic carbocycles. The van der Waals surface area contributed by atoms with E-state index in [-0.39, 0.29) is 35.6 Å². The van der Waals surface area contributed by atoms with Crippen LogP contribution < -0.4 is 0 Å². The Morgan fingerprint density at radius 2 is 1.83 bits per heavy atom. The Kier molecular flexibility index (Phi) is 9.14. The van der Waals surface area contributed by atoms with Gasteiger partial charge in [0.05, 0.1) is 35.9 Å². The maximum atomic E-state index is 14.0. The predicted octanol–water partition coefficient (Wildman–Crippen LogP) is 2.34. The summed E-state index contributed by atoms with van der Waals surface area (Å²) in [4.78, 5) is 29.8. The summed E-state index contributed by atoms with van der Waals surface area (Å²) in [7, 11) is 8.57. The van der Waals surface area contributed by atoms with E-state index in [4.69, 9.17) is 17.3 Å². The third kappa shape index (κ3) is 6.59. The zero-order valence-electron chi connectivity index (χ0n) is 25.4. The fraction of sp³-hybridized carbons (Fsp3) is 0.621. The number of piperazine rings is 1. The van der Waals surface area contributed by atoms with Gasteiger partial charge in [-0.2, -0.15) is 5.10 Å². The van der Waals surface area contributed by atoms with E-state index in [2.05, 4.69) is 23.8 Å². The topological polar surface area (TPSA) is 100 Å². The van der Waals surface area contributed by atoms with Gasteiger partial charge < -0.3 is 19.3 Å². The highest BCUT2D eigenvalue weighted by Crippen LogP contribution is 2.51. The number of ether oxygens (including phenoxy) is 2. The Labute approximate surface area is 250 Å². The number of aromatic nitrogens is 2. The van der Waals surface area contributed by atoms with Gasteiger partial charge in [0.1, 0.15) is 14.2 Å². The van der Waals surface area contributed by atoms with Crippen molar-refractivity contribution in [3.05, 3.63) is 47.3 Å². The molecule has 1 aliphatic carbocycles. The minimum absolute atomic E-state index is 0.0640. The van der Waals surface area contributed by atoms with E-state index in [1.165, 1.54) is 0 Å². The molecule has 3 heterocycles. The lowest BCUT2D eigenvalue weighted by Gasteiger charge is -2.41. The van der Waals surface area contributed by atoms with Crippen molar-refractivity contribution in [2.45, 2.75) is 38.8 Å². The van der Waals surface area contributed by atoms with Crippen LogP contribution in [0.4, 0.5) is 0 Å². The molecule has 2 aliphatic heterocycles. The first-order chi connectivity index (χ1) is 19.9. The molecule has 3 aliphatic rings. The van der Waals surface area contributed by atoms with Crippen molar-refractivity contribution in [1.82, 2.24) is 28.9 Å². The molecule has 2 aromatic rings. The van der Waals surface area contributed by atoms with Crippen molar-refractivity contribution in [2.24, 2.45) is 5.41 Å².